The number of rotatable bonds is 3. The highest BCUT2D eigenvalue weighted by Gasteiger charge is 2.04. The van der Waals surface area contributed by atoms with Gasteiger partial charge in [0, 0.05) is 7.11 Å². The van der Waals surface area contributed by atoms with E-state index in [1.54, 1.807) is 7.11 Å². The van der Waals surface area contributed by atoms with Crippen molar-refractivity contribution in [2.45, 2.75) is 20.0 Å². The molecule has 0 saturated heterocycles. The van der Waals surface area contributed by atoms with Crippen molar-refractivity contribution < 1.29 is 4.74 Å². The van der Waals surface area contributed by atoms with Crippen molar-refractivity contribution in [3.05, 3.63) is 12.7 Å². The summed E-state index contributed by atoms with van der Waals surface area (Å²) >= 11 is 0. The molecule has 0 N–H and O–H groups in total. The van der Waals surface area contributed by atoms with Crippen LogP contribution in [0.1, 0.15) is 13.8 Å². The fourth-order valence-corrected chi connectivity index (χ4v) is 0.641. The summed E-state index contributed by atoms with van der Waals surface area (Å²) in [6.07, 6.45) is 2.04. The maximum atomic E-state index is 5.04. The third-order valence-corrected chi connectivity index (χ3v) is 1.16. The van der Waals surface area contributed by atoms with Crippen molar-refractivity contribution in [1.82, 2.24) is 0 Å². The van der Waals surface area contributed by atoms with E-state index in [9.17, 15) is 0 Å². The third kappa shape index (κ3) is 2.12. The number of hydrogen-bond acceptors (Lipinski definition) is 1. The maximum Gasteiger partial charge on any atom is 0.0772 e. The Balaban J connectivity index is 3.51. The van der Waals surface area contributed by atoms with Crippen molar-refractivity contribution in [3.63, 3.8) is 0 Å². The number of ether oxygens (including phenoxy) is 1. The lowest BCUT2D eigenvalue weighted by molar-refractivity contribution is 0.104. The lowest BCUT2D eigenvalue weighted by Gasteiger charge is -2.13. The first-order valence-electron chi connectivity index (χ1n) is 2.87. The molecule has 0 fully saturated rings. The van der Waals surface area contributed by atoms with Gasteiger partial charge in [-0.3, -0.25) is 0 Å². The summed E-state index contributed by atoms with van der Waals surface area (Å²) in [7, 11) is 1.70. The van der Waals surface area contributed by atoms with Gasteiger partial charge in [0.25, 0.3) is 0 Å². The molecule has 0 rings (SSSR count). The van der Waals surface area contributed by atoms with Crippen molar-refractivity contribution in [3.8, 4) is 0 Å². The molecule has 0 aliphatic rings. The summed E-state index contributed by atoms with van der Waals surface area (Å²) < 4.78 is 5.04. The van der Waals surface area contributed by atoms with Crippen molar-refractivity contribution in [1.29, 1.82) is 0 Å². The van der Waals surface area contributed by atoms with Crippen LogP contribution in [-0.2, 0) is 4.74 Å². The van der Waals surface area contributed by atoms with Gasteiger partial charge >= 0.3 is 0 Å². The minimum atomic E-state index is 0.218. The molecule has 1 atom stereocenters. The van der Waals surface area contributed by atoms with Gasteiger partial charge < -0.3 is 4.74 Å². The summed E-state index contributed by atoms with van der Waals surface area (Å²) in [6.45, 7) is 7.84. The van der Waals surface area contributed by atoms with Gasteiger partial charge in [-0.1, -0.05) is 19.9 Å². The van der Waals surface area contributed by atoms with Gasteiger partial charge in [-0.25, -0.2) is 0 Å². The molecule has 0 saturated carbocycles. The molecule has 0 bridgehead atoms. The highest BCUT2D eigenvalue weighted by atomic mass is 16.5. The fourth-order valence-electron chi connectivity index (χ4n) is 0.641. The summed E-state index contributed by atoms with van der Waals surface area (Å²) in [5.41, 5.74) is 0. The van der Waals surface area contributed by atoms with Crippen LogP contribution in [0.2, 0.25) is 0 Å². The van der Waals surface area contributed by atoms with Crippen LogP contribution in [0.15, 0.2) is 12.7 Å². The Hall–Kier alpha value is -0.300. The van der Waals surface area contributed by atoms with Crippen LogP contribution in [-0.4, -0.2) is 13.2 Å². The van der Waals surface area contributed by atoms with Crippen LogP contribution in [0.3, 0.4) is 0 Å². The Kier molecular flexibility index (Phi) is 3.53. The van der Waals surface area contributed by atoms with E-state index >= 15 is 0 Å². The van der Waals surface area contributed by atoms with Crippen LogP contribution in [0.5, 0.6) is 0 Å². The monoisotopic (exact) mass is 114 g/mol. The van der Waals surface area contributed by atoms with Crippen molar-refractivity contribution >= 4 is 0 Å². The molecule has 48 valence electrons. The normalized spacial score (nSPS) is 14.0. The Morgan fingerprint density at radius 3 is 2.00 bits per heavy atom. The van der Waals surface area contributed by atoms with Crippen molar-refractivity contribution in [2.24, 2.45) is 5.92 Å². The summed E-state index contributed by atoms with van der Waals surface area (Å²) in [5.74, 6) is 0.539. The first-order valence-corrected chi connectivity index (χ1v) is 2.87. The lowest BCUT2D eigenvalue weighted by Crippen LogP contribution is -2.13. The van der Waals surface area contributed by atoms with Crippen molar-refractivity contribution in [2.75, 3.05) is 7.11 Å². The average molecular weight is 114 g/mol. The molecule has 0 radical (unpaired) electrons. The van der Waals surface area contributed by atoms with E-state index in [1.807, 2.05) is 6.08 Å². The standard InChI is InChI=1S/C7H14O/c1-5-7(8-4)6(2)3/h5-7H,1H2,2-4H3/t7-/m0/s1. The molecular weight excluding hydrogens is 100 g/mol. The lowest BCUT2D eigenvalue weighted by atomic mass is 10.1. The van der Waals surface area contributed by atoms with Gasteiger partial charge in [0.2, 0.25) is 0 Å². The van der Waals surface area contributed by atoms with Crippen LogP contribution >= 0.6 is 0 Å². The van der Waals surface area contributed by atoms with E-state index in [-0.39, 0.29) is 6.10 Å². The highest BCUT2D eigenvalue weighted by molar-refractivity contribution is 4.81. The molecule has 0 spiro atoms. The van der Waals surface area contributed by atoms with E-state index in [0.29, 0.717) is 5.92 Å². The SMILES string of the molecule is C=C[C@H](OC)C(C)C. The topological polar surface area (TPSA) is 9.23 Å². The Labute approximate surface area is 51.4 Å². The second-order valence-corrected chi connectivity index (χ2v) is 2.18. The van der Waals surface area contributed by atoms with Gasteiger partial charge in [0.15, 0.2) is 0 Å². The largest absolute Gasteiger partial charge is 0.377 e. The molecule has 0 aliphatic carbocycles. The minimum Gasteiger partial charge on any atom is -0.377 e. The average Bonchev–Trinajstić information content (AvgIpc) is 1.69. The quantitative estimate of drug-likeness (QED) is 0.509. The van der Waals surface area contributed by atoms with E-state index < -0.39 is 0 Å². The summed E-state index contributed by atoms with van der Waals surface area (Å²) in [6, 6.07) is 0. The predicted molar refractivity (Wildman–Crippen MR) is 35.8 cm³/mol. The molecule has 0 aromatic carbocycles. The van der Waals surface area contributed by atoms with E-state index in [1.165, 1.54) is 0 Å². The molecule has 0 unspecified atom stereocenters. The second kappa shape index (κ2) is 3.67. The predicted octanol–water partition coefficient (Wildman–Crippen LogP) is 1.84. The van der Waals surface area contributed by atoms with Crippen LogP contribution in [0.4, 0.5) is 0 Å². The fraction of sp³-hybridized carbons (Fsp3) is 0.714. The van der Waals surface area contributed by atoms with Crippen LogP contribution in [0.25, 0.3) is 0 Å². The Bertz CT molecular complexity index is 66.8. The van der Waals surface area contributed by atoms with E-state index in [4.69, 9.17) is 4.74 Å². The highest BCUT2D eigenvalue weighted by Crippen LogP contribution is 2.04. The summed E-state index contributed by atoms with van der Waals surface area (Å²) in [5, 5.41) is 0. The molecule has 0 heterocycles. The van der Waals surface area contributed by atoms with Gasteiger partial charge in [-0.2, -0.15) is 0 Å². The van der Waals surface area contributed by atoms with Gasteiger partial charge in [0.1, 0.15) is 0 Å². The second-order valence-electron chi connectivity index (χ2n) is 2.18. The smallest absolute Gasteiger partial charge is 0.0772 e. The maximum absolute atomic E-state index is 5.04. The summed E-state index contributed by atoms with van der Waals surface area (Å²) in [4.78, 5) is 0. The zero-order chi connectivity index (χ0) is 6.57. The van der Waals surface area contributed by atoms with E-state index in [0.717, 1.165) is 0 Å². The zero-order valence-corrected chi connectivity index (χ0v) is 5.85. The minimum absolute atomic E-state index is 0.218. The Morgan fingerprint density at radius 2 is 2.00 bits per heavy atom. The van der Waals surface area contributed by atoms with Crippen LogP contribution in [0, 0.1) is 5.92 Å². The zero-order valence-electron chi connectivity index (χ0n) is 5.85. The van der Waals surface area contributed by atoms with Gasteiger partial charge in [-0.15, -0.1) is 6.58 Å². The van der Waals surface area contributed by atoms with Crippen LogP contribution < -0.4 is 0 Å². The molecule has 0 aromatic heterocycles. The molecule has 0 amide bonds. The molecule has 0 aliphatic heterocycles. The van der Waals surface area contributed by atoms with Gasteiger partial charge in [-0.05, 0) is 5.92 Å². The first kappa shape index (κ1) is 7.70. The molecule has 0 aromatic rings. The Morgan fingerprint density at radius 1 is 1.50 bits per heavy atom. The first-order chi connectivity index (χ1) is 3.72. The molecule has 8 heavy (non-hydrogen) atoms. The number of hydrogen-bond donors (Lipinski definition) is 0. The molecular formula is C7H14O. The van der Waals surface area contributed by atoms with E-state index in [2.05, 4.69) is 20.4 Å². The third-order valence-electron chi connectivity index (χ3n) is 1.16. The van der Waals surface area contributed by atoms with Gasteiger partial charge in [0.05, 0.1) is 6.10 Å². The number of methoxy groups -OCH3 is 1. The molecule has 1 heteroatoms. The molecule has 1 nitrogen and oxygen atoms in total.